The second-order valence-corrected chi connectivity index (χ2v) is 1.52. The first-order chi connectivity index (χ1) is 3.55. The molecule has 5 N–H and O–H groups in total. The topological polar surface area (TPSA) is 109 Å². The molecule has 0 aliphatic heterocycles. The van der Waals surface area contributed by atoms with Crippen LogP contribution in [-0.4, -0.2) is 39.0 Å². The molecule has 0 aromatic heterocycles. The fourth-order valence-electron chi connectivity index (χ4n) is 0.206. The van der Waals surface area contributed by atoms with E-state index in [1.54, 1.807) is 0 Å². The van der Waals surface area contributed by atoms with Crippen molar-refractivity contribution >= 4 is 5.97 Å². The van der Waals surface area contributed by atoms with Gasteiger partial charge in [0.25, 0.3) is 0 Å². The zero-order chi connectivity index (χ0) is 6.73. The SMILES string of the molecule is C[C@H](O)[C@@H](O)C(=O)O.O.[Na+]. The summed E-state index contributed by atoms with van der Waals surface area (Å²) < 4.78 is 0. The quantitative estimate of drug-likeness (QED) is 0.352. The molecule has 6 heteroatoms. The Morgan fingerprint density at radius 3 is 1.70 bits per heavy atom. The fourth-order valence-corrected chi connectivity index (χ4v) is 0.206. The summed E-state index contributed by atoms with van der Waals surface area (Å²) in [4.78, 5) is 9.73. The van der Waals surface area contributed by atoms with Crippen molar-refractivity contribution in [2.75, 3.05) is 0 Å². The second-order valence-electron chi connectivity index (χ2n) is 1.52. The standard InChI is InChI=1S/C4H8O4.Na.H2O/c1-2(5)3(6)4(7)8;;/h2-3,5-6H,1H3,(H,7,8);;1H2/q;+1;/t2-,3+;;/m0../s1. The van der Waals surface area contributed by atoms with Gasteiger partial charge < -0.3 is 20.8 Å². The number of rotatable bonds is 2. The normalized spacial score (nSPS) is 13.9. The summed E-state index contributed by atoms with van der Waals surface area (Å²) in [5, 5.41) is 24.7. The average Bonchev–Trinajstić information content (AvgIpc) is 1.64. The Balaban J connectivity index is -0.000000245. The zero-order valence-electron chi connectivity index (χ0n) is 5.90. The molecule has 56 valence electrons. The number of carboxylic acid groups (broad SMARTS) is 1. The van der Waals surface area contributed by atoms with Gasteiger partial charge in [0.1, 0.15) is 0 Å². The molecule has 0 aliphatic carbocycles. The van der Waals surface area contributed by atoms with Crippen LogP contribution in [0.2, 0.25) is 0 Å². The van der Waals surface area contributed by atoms with Crippen molar-refractivity contribution in [2.45, 2.75) is 19.1 Å². The number of carbonyl (C=O) groups is 1. The van der Waals surface area contributed by atoms with Crippen LogP contribution in [0.1, 0.15) is 6.92 Å². The molecule has 0 rings (SSSR count). The molecule has 0 radical (unpaired) electrons. The Morgan fingerprint density at radius 1 is 1.40 bits per heavy atom. The molecule has 0 heterocycles. The molecule has 0 saturated carbocycles. The number of hydrogen-bond donors (Lipinski definition) is 3. The molecule has 0 aromatic rings. The number of aliphatic hydroxyl groups is 2. The summed E-state index contributed by atoms with van der Waals surface area (Å²) in [5.74, 6) is -1.40. The summed E-state index contributed by atoms with van der Waals surface area (Å²) in [6.07, 6.45) is -2.86. The number of aliphatic hydroxyl groups excluding tert-OH is 2. The van der Waals surface area contributed by atoms with Gasteiger partial charge in [-0.3, -0.25) is 0 Å². The Bertz CT molecular complexity index is 93.6. The van der Waals surface area contributed by atoms with E-state index >= 15 is 0 Å². The first-order valence-electron chi connectivity index (χ1n) is 2.14. The maximum atomic E-state index is 9.73. The molecule has 5 nitrogen and oxygen atoms in total. The van der Waals surface area contributed by atoms with Crippen LogP contribution in [0.15, 0.2) is 0 Å². The van der Waals surface area contributed by atoms with Crippen molar-refractivity contribution < 1.29 is 55.1 Å². The van der Waals surface area contributed by atoms with E-state index in [1.165, 1.54) is 6.92 Å². The smallest absolute Gasteiger partial charge is 0.479 e. The maximum absolute atomic E-state index is 9.73. The van der Waals surface area contributed by atoms with Crippen molar-refractivity contribution in [1.82, 2.24) is 0 Å². The van der Waals surface area contributed by atoms with Crippen molar-refractivity contribution in [3.8, 4) is 0 Å². The first-order valence-corrected chi connectivity index (χ1v) is 2.14. The summed E-state index contributed by atoms with van der Waals surface area (Å²) in [7, 11) is 0. The van der Waals surface area contributed by atoms with Crippen molar-refractivity contribution in [2.24, 2.45) is 0 Å². The maximum Gasteiger partial charge on any atom is 1.00 e. The van der Waals surface area contributed by atoms with Gasteiger partial charge in [-0.2, -0.15) is 0 Å². The predicted octanol–water partition coefficient (Wildman–Crippen LogP) is -5.01. The minimum Gasteiger partial charge on any atom is -0.479 e. The Labute approximate surface area is 80.3 Å². The van der Waals surface area contributed by atoms with E-state index in [0.717, 1.165) is 0 Å². The molecule has 10 heavy (non-hydrogen) atoms. The van der Waals surface area contributed by atoms with Crippen molar-refractivity contribution in [3.63, 3.8) is 0 Å². The summed E-state index contributed by atoms with van der Waals surface area (Å²) >= 11 is 0. The summed E-state index contributed by atoms with van der Waals surface area (Å²) in [6.45, 7) is 1.21. The fraction of sp³-hybridized carbons (Fsp3) is 0.750. The van der Waals surface area contributed by atoms with Gasteiger partial charge in [0.15, 0.2) is 6.10 Å². The Hall–Kier alpha value is 0.350. The van der Waals surface area contributed by atoms with E-state index in [0.29, 0.717) is 0 Å². The molecule has 0 saturated heterocycles. The third-order valence-corrected chi connectivity index (χ3v) is 0.710. The molecular weight excluding hydrogens is 151 g/mol. The molecular formula is C4H10NaO5+. The van der Waals surface area contributed by atoms with E-state index in [-0.39, 0.29) is 35.0 Å². The van der Waals surface area contributed by atoms with E-state index in [9.17, 15) is 4.79 Å². The van der Waals surface area contributed by atoms with E-state index in [4.69, 9.17) is 15.3 Å². The zero-order valence-corrected chi connectivity index (χ0v) is 7.90. The van der Waals surface area contributed by atoms with Gasteiger partial charge in [-0.15, -0.1) is 0 Å². The molecule has 2 atom stereocenters. The van der Waals surface area contributed by atoms with Crippen LogP contribution < -0.4 is 29.6 Å². The van der Waals surface area contributed by atoms with Crippen LogP contribution in [0, 0.1) is 0 Å². The first kappa shape index (κ1) is 16.7. The minimum absolute atomic E-state index is 0. The van der Waals surface area contributed by atoms with Crippen LogP contribution in [0.5, 0.6) is 0 Å². The van der Waals surface area contributed by atoms with Crippen molar-refractivity contribution in [1.29, 1.82) is 0 Å². The number of aliphatic carboxylic acids is 1. The van der Waals surface area contributed by atoms with E-state index in [1.807, 2.05) is 0 Å². The van der Waals surface area contributed by atoms with E-state index in [2.05, 4.69) is 0 Å². The van der Waals surface area contributed by atoms with Gasteiger partial charge in [-0.25, -0.2) is 4.79 Å². The predicted molar refractivity (Wildman–Crippen MR) is 28.9 cm³/mol. The van der Waals surface area contributed by atoms with Gasteiger partial charge >= 0.3 is 35.5 Å². The summed E-state index contributed by atoms with van der Waals surface area (Å²) in [6, 6.07) is 0. The van der Waals surface area contributed by atoms with Gasteiger partial charge in [0, 0.05) is 0 Å². The molecule has 0 amide bonds. The Kier molecular flexibility index (Phi) is 12.5. The number of carboxylic acids is 1. The summed E-state index contributed by atoms with van der Waals surface area (Å²) in [5.41, 5.74) is 0. The monoisotopic (exact) mass is 161 g/mol. The largest absolute Gasteiger partial charge is 1.00 e. The second kappa shape index (κ2) is 7.46. The molecule has 0 fully saturated rings. The molecule has 0 unspecified atom stereocenters. The van der Waals surface area contributed by atoms with E-state index < -0.39 is 18.2 Å². The third kappa shape index (κ3) is 6.47. The number of hydrogen-bond acceptors (Lipinski definition) is 3. The molecule has 0 aliphatic rings. The third-order valence-electron chi connectivity index (χ3n) is 0.710. The Morgan fingerprint density at radius 2 is 1.70 bits per heavy atom. The van der Waals surface area contributed by atoms with Gasteiger partial charge in [0.2, 0.25) is 0 Å². The van der Waals surface area contributed by atoms with Crippen LogP contribution in [0.25, 0.3) is 0 Å². The molecule has 0 spiro atoms. The van der Waals surface area contributed by atoms with Gasteiger partial charge in [-0.1, -0.05) is 0 Å². The molecule has 0 bridgehead atoms. The van der Waals surface area contributed by atoms with Crippen LogP contribution in [0.3, 0.4) is 0 Å². The van der Waals surface area contributed by atoms with Crippen molar-refractivity contribution in [3.05, 3.63) is 0 Å². The minimum atomic E-state index is -1.66. The molecule has 0 aromatic carbocycles. The van der Waals surface area contributed by atoms with Crippen LogP contribution >= 0.6 is 0 Å². The van der Waals surface area contributed by atoms with Crippen LogP contribution in [-0.2, 0) is 4.79 Å². The van der Waals surface area contributed by atoms with Gasteiger partial charge in [-0.05, 0) is 6.92 Å². The average molecular weight is 161 g/mol. The van der Waals surface area contributed by atoms with Crippen LogP contribution in [0.4, 0.5) is 0 Å². The van der Waals surface area contributed by atoms with Gasteiger partial charge in [0.05, 0.1) is 6.10 Å².